The van der Waals surface area contributed by atoms with E-state index < -0.39 is 0 Å². The first-order valence-corrected chi connectivity index (χ1v) is 9.00. The molecule has 25 heavy (non-hydrogen) atoms. The molecular weight excluding hydrogens is 310 g/mol. The molecule has 1 aliphatic heterocycles. The Labute approximate surface area is 150 Å². The predicted octanol–water partition coefficient (Wildman–Crippen LogP) is 3.97. The molecule has 2 N–H and O–H groups in total. The van der Waals surface area contributed by atoms with Crippen molar-refractivity contribution in [1.82, 2.24) is 4.90 Å². The van der Waals surface area contributed by atoms with Gasteiger partial charge in [0.25, 0.3) is 0 Å². The quantitative estimate of drug-likeness (QED) is 0.838. The molecule has 0 spiro atoms. The number of benzene rings is 2. The molecule has 2 aromatic rings. The van der Waals surface area contributed by atoms with Crippen molar-refractivity contribution in [3.63, 3.8) is 0 Å². The summed E-state index contributed by atoms with van der Waals surface area (Å²) in [5.41, 5.74) is 3.32. The van der Waals surface area contributed by atoms with Gasteiger partial charge in [0.2, 0.25) is 5.91 Å². The van der Waals surface area contributed by atoms with Gasteiger partial charge in [0.05, 0.1) is 0 Å². The van der Waals surface area contributed by atoms with Crippen molar-refractivity contribution >= 4 is 17.3 Å². The third-order valence-corrected chi connectivity index (χ3v) is 4.86. The van der Waals surface area contributed by atoms with Gasteiger partial charge < -0.3 is 10.6 Å². The summed E-state index contributed by atoms with van der Waals surface area (Å²) in [6, 6.07) is 19.0. The summed E-state index contributed by atoms with van der Waals surface area (Å²) < 4.78 is 0. The minimum atomic E-state index is -0.0430. The maximum Gasteiger partial charge on any atom is 0.221 e. The Balaban J connectivity index is 1.50. The number of rotatable bonds is 6. The standard InChI is InChI=1S/C21H27N3O/c1-16(22-20-8-10-21(11-9-20)23-17(2)25)19-12-13-24(15-19)14-18-6-4-3-5-7-18/h3-11,16,19,22H,12-15H2,1-2H3,(H,23,25)/t16-,19-/m0/s1. The minimum Gasteiger partial charge on any atom is -0.382 e. The number of carbonyl (C=O) groups excluding carboxylic acids is 1. The number of hydrogen-bond donors (Lipinski definition) is 2. The van der Waals surface area contributed by atoms with Gasteiger partial charge in [0.15, 0.2) is 0 Å². The number of likely N-dealkylation sites (tertiary alicyclic amines) is 1. The average Bonchev–Trinajstić information content (AvgIpc) is 3.06. The summed E-state index contributed by atoms with van der Waals surface area (Å²) >= 11 is 0. The highest BCUT2D eigenvalue weighted by atomic mass is 16.1. The lowest BCUT2D eigenvalue weighted by molar-refractivity contribution is -0.114. The van der Waals surface area contributed by atoms with Gasteiger partial charge in [-0.1, -0.05) is 30.3 Å². The molecule has 0 unspecified atom stereocenters. The van der Waals surface area contributed by atoms with Gasteiger partial charge >= 0.3 is 0 Å². The zero-order valence-electron chi connectivity index (χ0n) is 15.0. The van der Waals surface area contributed by atoms with Crippen LogP contribution in [0.3, 0.4) is 0 Å². The van der Waals surface area contributed by atoms with Crippen molar-refractivity contribution in [3.05, 3.63) is 60.2 Å². The molecular formula is C21H27N3O. The van der Waals surface area contributed by atoms with Crippen LogP contribution in [0.25, 0.3) is 0 Å². The third-order valence-electron chi connectivity index (χ3n) is 4.86. The van der Waals surface area contributed by atoms with Gasteiger partial charge in [0.1, 0.15) is 0 Å². The van der Waals surface area contributed by atoms with E-state index in [9.17, 15) is 4.79 Å². The van der Waals surface area contributed by atoms with Crippen molar-refractivity contribution in [2.75, 3.05) is 23.7 Å². The van der Waals surface area contributed by atoms with Crippen LogP contribution < -0.4 is 10.6 Å². The van der Waals surface area contributed by atoms with Gasteiger partial charge in [-0.3, -0.25) is 9.69 Å². The van der Waals surface area contributed by atoms with E-state index in [2.05, 4.69) is 52.8 Å². The van der Waals surface area contributed by atoms with E-state index in [1.165, 1.54) is 18.9 Å². The zero-order chi connectivity index (χ0) is 17.6. The van der Waals surface area contributed by atoms with Crippen molar-refractivity contribution in [1.29, 1.82) is 0 Å². The summed E-state index contributed by atoms with van der Waals surface area (Å²) in [7, 11) is 0. The molecule has 1 heterocycles. The van der Waals surface area contributed by atoms with Crippen molar-refractivity contribution < 1.29 is 4.79 Å². The average molecular weight is 337 g/mol. The molecule has 2 aromatic carbocycles. The summed E-state index contributed by atoms with van der Waals surface area (Å²) in [6.07, 6.45) is 1.23. The Kier molecular flexibility index (Phi) is 5.71. The molecule has 1 amide bonds. The fraction of sp³-hybridized carbons (Fsp3) is 0.381. The second kappa shape index (κ2) is 8.17. The molecule has 0 saturated carbocycles. The Morgan fingerprint density at radius 2 is 1.80 bits per heavy atom. The van der Waals surface area contributed by atoms with Crippen molar-refractivity contribution in [2.45, 2.75) is 32.9 Å². The fourth-order valence-corrected chi connectivity index (χ4v) is 3.49. The van der Waals surface area contributed by atoms with Crippen molar-refractivity contribution in [2.24, 2.45) is 5.92 Å². The summed E-state index contributed by atoms with van der Waals surface area (Å²) in [6.45, 7) is 7.11. The molecule has 132 valence electrons. The largest absolute Gasteiger partial charge is 0.382 e. The number of nitrogens with zero attached hydrogens (tertiary/aromatic N) is 1. The fourth-order valence-electron chi connectivity index (χ4n) is 3.49. The van der Waals surface area contributed by atoms with Crippen LogP contribution in [0.15, 0.2) is 54.6 Å². The smallest absolute Gasteiger partial charge is 0.221 e. The van der Waals surface area contributed by atoms with Crippen molar-refractivity contribution in [3.8, 4) is 0 Å². The number of anilines is 2. The number of nitrogens with one attached hydrogen (secondary N) is 2. The monoisotopic (exact) mass is 337 g/mol. The van der Waals surface area contributed by atoms with Crippen LogP contribution >= 0.6 is 0 Å². The number of carbonyl (C=O) groups is 1. The summed E-state index contributed by atoms with van der Waals surface area (Å²) in [4.78, 5) is 13.6. The van der Waals surface area contributed by atoms with Gasteiger partial charge in [-0.15, -0.1) is 0 Å². The Bertz CT molecular complexity index is 684. The molecule has 4 nitrogen and oxygen atoms in total. The number of hydrogen-bond acceptors (Lipinski definition) is 3. The van der Waals surface area contributed by atoms with Gasteiger partial charge in [-0.25, -0.2) is 0 Å². The SMILES string of the molecule is CC(=O)Nc1ccc(N[C@@H](C)[C@H]2CCN(Cc3ccccc3)C2)cc1. The van der Waals surface area contributed by atoms with E-state index in [4.69, 9.17) is 0 Å². The summed E-state index contributed by atoms with van der Waals surface area (Å²) in [5.74, 6) is 0.609. The maximum atomic E-state index is 11.1. The predicted molar refractivity (Wildman–Crippen MR) is 104 cm³/mol. The van der Waals surface area contributed by atoms with Crippen LogP contribution in [-0.4, -0.2) is 29.9 Å². The Morgan fingerprint density at radius 3 is 2.48 bits per heavy atom. The van der Waals surface area contributed by atoms with Gasteiger partial charge in [0, 0.05) is 37.4 Å². The van der Waals surface area contributed by atoms with Gasteiger partial charge in [-0.2, -0.15) is 0 Å². The molecule has 1 saturated heterocycles. The first-order valence-electron chi connectivity index (χ1n) is 9.00. The lowest BCUT2D eigenvalue weighted by atomic mass is 10.0. The molecule has 0 bridgehead atoms. The lowest BCUT2D eigenvalue weighted by Crippen LogP contribution is -2.29. The molecule has 0 aromatic heterocycles. The normalized spacial score (nSPS) is 18.7. The minimum absolute atomic E-state index is 0.0430. The van der Waals surface area contributed by atoms with E-state index in [0.29, 0.717) is 12.0 Å². The first-order chi connectivity index (χ1) is 12.1. The third kappa shape index (κ3) is 5.07. The highest BCUT2D eigenvalue weighted by molar-refractivity contribution is 5.88. The van der Waals surface area contributed by atoms with Crippen LogP contribution in [-0.2, 0) is 11.3 Å². The molecule has 0 aliphatic carbocycles. The van der Waals surface area contributed by atoms with Crippen LogP contribution in [0.4, 0.5) is 11.4 Å². The van der Waals surface area contributed by atoms with E-state index in [-0.39, 0.29) is 5.91 Å². The topological polar surface area (TPSA) is 44.4 Å². The molecule has 4 heteroatoms. The van der Waals surface area contributed by atoms with Gasteiger partial charge in [-0.05, 0) is 55.6 Å². The van der Waals surface area contributed by atoms with E-state index in [1.54, 1.807) is 0 Å². The van der Waals surface area contributed by atoms with E-state index in [0.717, 1.165) is 31.0 Å². The van der Waals surface area contributed by atoms with E-state index in [1.807, 2.05) is 24.3 Å². The summed E-state index contributed by atoms with van der Waals surface area (Å²) in [5, 5.41) is 6.41. The number of amides is 1. The maximum absolute atomic E-state index is 11.1. The second-order valence-corrected chi connectivity index (χ2v) is 6.96. The zero-order valence-corrected chi connectivity index (χ0v) is 15.0. The van der Waals surface area contributed by atoms with Crippen LogP contribution in [0.1, 0.15) is 25.8 Å². The second-order valence-electron chi connectivity index (χ2n) is 6.96. The first kappa shape index (κ1) is 17.5. The molecule has 0 radical (unpaired) electrons. The highest BCUT2D eigenvalue weighted by Crippen LogP contribution is 2.24. The molecule has 1 aliphatic rings. The highest BCUT2D eigenvalue weighted by Gasteiger charge is 2.26. The van der Waals surface area contributed by atoms with Crippen LogP contribution in [0.5, 0.6) is 0 Å². The lowest BCUT2D eigenvalue weighted by Gasteiger charge is -2.23. The molecule has 3 rings (SSSR count). The Hall–Kier alpha value is -2.33. The molecule has 2 atom stereocenters. The van der Waals surface area contributed by atoms with Crippen LogP contribution in [0, 0.1) is 5.92 Å². The van der Waals surface area contributed by atoms with E-state index >= 15 is 0 Å². The van der Waals surface area contributed by atoms with Crippen LogP contribution in [0.2, 0.25) is 0 Å². The molecule has 1 fully saturated rings. The Morgan fingerprint density at radius 1 is 1.12 bits per heavy atom.